The molecule has 0 heterocycles. The Hall–Kier alpha value is -0.190. The fourth-order valence-corrected chi connectivity index (χ4v) is 2.20. The van der Waals surface area contributed by atoms with Crippen molar-refractivity contribution in [2.75, 3.05) is 24.7 Å². The van der Waals surface area contributed by atoms with Gasteiger partial charge in [0.05, 0.1) is 6.61 Å². The molecule has 0 saturated heterocycles. The lowest BCUT2D eigenvalue weighted by Gasteiger charge is -2.05. The summed E-state index contributed by atoms with van der Waals surface area (Å²) in [5.74, 6) is 0.944. The minimum absolute atomic E-state index is 0.774. The molecule has 0 saturated carbocycles. The van der Waals surface area contributed by atoms with Gasteiger partial charge in [0.1, 0.15) is 0 Å². The SMILES string of the molecule is CCOCCSc1ccc(Br)cc1N. The molecule has 0 aliphatic rings. The lowest BCUT2D eigenvalue weighted by atomic mass is 10.3. The zero-order chi connectivity index (χ0) is 10.4. The molecule has 0 atom stereocenters. The third-order valence-electron chi connectivity index (χ3n) is 1.66. The van der Waals surface area contributed by atoms with Crippen LogP contribution in [0.3, 0.4) is 0 Å². The van der Waals surface area contributed by atoms with Gasteiger partial charge in [0.15, 0.2) is 0 Å². The summed E-state index contributed by atoms with van der Waals surface area (Å²) < 4.78 is 6.27. The standard InChI is InChI=1S/C10H14BrNOS/c1-2-13-5-6-14-10-4-3-8(11)7-9(10)12/h3-4,7H,2,5-6,12H2,1H3. The quantitative estimate of drug-likeness (QED) is 0.509. The number of hydrogen-bond acceptors (Lipinski definition) is 3. The van der Waals surface area contributed by atoms with Gasteiger partial charge in [-0.2, -0.15) is 0 Å². The number of hydrogen-bond donors (Lipinski definition) is 1. The summed E-state index contributed by atoms with van der Waals surface area (Å²) in [6.45, 7) is 3.55. The van der Waals surface area contributed by atoms with E-state index in [-0.39, 0.29) is 0 Å². The van der Waals surface area contributed by atoms with Gasteiger partial charge < -0.3 is 10.5 Å². The van der Waals surface area contributed by atoms with E-state index in [1.165, 1.54) is 0 Å². The first-order valence-corrected chi connectivity index (χ1v) is 6.27. The van der Waals surface area contributed by atoms with Crippen LogP contribution in [-0.2, 0) is 4.74 Å². The first kappa shape index (κ1) is 11.9. The number of halogens is 1. The van der Waals surface area contributed by atoms with Crippen molar-refractivity contribution in [2.24, 2.45) is 0 Å². The van der Waals surface area contributed by atoms with Gasteiger partial charge in [0.2, 0.25) is 0 Å². The van der Waals surface area contributed by atoms with Crippen LogP contribution < -0.4 is 5.73 Å². The molecular weight excluding hydrogens is 262 g/mol. The average Bonchev–Trinajstić information content (AvgIpc) is 2.15. The lowest BCUT2D eigenvalue weighted by Crippen LogP contribution is -1.97. The van der Waals surface area contributed by atoms with Crippen molar-refractivity contribution < 1.29 is 4.74 Å². The van der Waals surface area contributed by atoms with E-state index in [0.717, 1.165) is 34.0 Å². The molecule has 1 rings (SSSR count). The molecule has 0 unspecified atom stereocenters. The number of anilines is 1. The van der Waals surface area contributed by atoms with Gasteiger partial charge in [-0.05, 0) is 25.1 Å². The summed E-state index contributed by atoms with van der Waals surface area (Å²) in [6.07, 6.45) is 0. The van der Waals surface area contributed by atoms with Crippen LogP contribution in [0.5, 0.6) is 0 Å². The Bertz CT molecular complexity index is 293. The average molecular weight is 276 g/mol. The molecule has 0 aliphatic heterocycles. The Labute approximate surface area is 97.3 Å². The molecule has 0 amide bonds. The van der Waals surface area contributed by atoms with Crippen LogP contribution in [0.25, 0.3) is 0 Å². The van der Waals surface area contributed by atoms with Gasteiger partial charge in [-0.15, -0.1) is 11.8 Å². The molecule has 0 bridgehead atoms. The predicted octanol–water partition coefficient (Wildman–Crippen LogP) is 3.16. The molecule has 2 N–H and O–H groups in total. The molecule has 14 heavy (non-hydrogen) atoms. The second kappa shape index (κ2) is 6.32. The number of thioether (sulfide) groups is 1. The third-order valence-corrected chi connectivity index (χ3v) is 3.21. The summed E-state index contributed by atoms with van der Waals surface area (Å²) in [5.41, 5.74) is 6.66. The third kappa shape index (κ3) is 3.90. The first-order valence-electron chi connectivity index (χ1n) is 4.49. The van der Waals surface area contributed by atoms with Crippen LogP contribution in [0.15, 0.2) is 27.6 Å². The molecule has 78 valence electrons. The van der Waals surface area contributed by atoms with E-state index in [0.29, 0.717) is 0 Å². The summed E-state index contributed by atoms with van der Waals surface area (Å²) in [4.78, 5) is 1.12. The molecule has 1 aromatic rings. The summed E-state index contributed by atoms with van der Waals surface area (Å²) in [5, 5.41) is 0. The topological polar surface area (TPSA) is 35.2 Å². The molecule has 0 aromatic heterocycles. The van der Waals surface area contributed by atoms with Crippen LogP contribution in [0.2, 0.25) is 0 Å². The molecule has 0 fully saturated rings. The van der Waals surface area contributed by atoms with Crippen molar-refractivity contribution in [3.05, 3.63) is 22.7 Å². The van der Waals surface area contributed by atoms with Crippen LogP contribution >= 0.6 is 27.7 Å². The highest BCUT2D eigenvalue weighted by Gasteiger charge is 1.99. The van der Waals surface area contributed by atoms with Crippen molar-refractivity contribution >= 4 is 33.4 Å². The van der Waals surface area contributed by atoms with Crippen molar-refractivity contribution in [1.82, 2.24) is 0 Å². The Balaban J connectivity index is 2.42. The lowest BCUT2D eigenvalue weighted by molar-refractivity contribution is 0.164. The Morgan fingerprint density at radius 3 is 2.93 bits per heavy atom. The minimum atomic E-state index is 0.774. The number of benzene rings is 1. The van der Waals surface area contributed by atoms with Gasteiger partial charge in [0, 0.05) is 27.4 Å². The molecule has 1 aromatic carbocycles. The number of nitrogen functional groups attached to an aromatic ring is 1. The highest BCUT2D eigenvalue weighted by Crippen LogP contribution is 2.27. The van der Waals surface area contributed by atoms with E-state index >= 15 is 0 Å². The van der Waals surface area contributed by atoms with E-state index < -0.39 is 0 Å². The summed E-state index contributed by atoms with van der Waals surface area (Å²) >= 11 is 5.10. The summed E-state index contributed by atoms with van der Waals surface area (Å²) in [7, 11) is 0. The zero-order valence-electron chi connectivity index (χ0n) is 8.13. The first-order chi connectivity index (χ1) is 6.74. The smallest absolute Gasteiger partial charge is 0.0560 e. The van der Waals surface area contributed by atoms with E-state index in [9.17, 15) is 0 Å². The van der Waals surface area contributed by atoms with Crippen molar-refractivity contribution in [3.63, 3.8) is 0 Å². The van der Waals surface area contributed by atoms with Crippen molar-refractivity contribution in [1.29, 1.82) is 0 Å². The highest BCUT2D eigenvalue weighted by molar-refractivity contribution is 9.10. The van der Waals surface area contributed by atoms with E-state index in [1.807, 2.05) is 25.1 Å². The second-order valence-electron chi connectivity index (χ2n) is 2.73. The van der Waals surface area contributed by atoms with Gasteiger partial charge in [0.25, 0.3) is 0 Å². The number of nitrogens with two attached hydrogens (primary N) is 1. The highest BCUT2D eigenvalue weighted by atomic mass is 79.9. The normalized spacial score (nSPS) is 10.4. The van der Waals surface area contributed by atoms with Gasteiger partial charge in [-0.1, -0.05) is 15.9 Å². The molecule has 0 radical (unpaired) electrons. The Morgan fingerprint density at radius 1 is 1.50 bits per heavy atom. The Morgan fingerprint density at radius 2 is 2.29 bits per heavy atom. The fraction of sp³-hybridized carbons (Fsp3) is 0.400. The van der Waals surface area contributed by atoms with E-state index in [2.05, 4.69) is 15.9 Å². The van der Waals surface area contributed by atoms with Crippen molar-refractivity contribution in [2.45, 2.75) is 11.8 Å². The van der Waals surface area contributed by atoms with Gasteiger partial charge in [-0.3, -0.25) is 0 Å². The van der Waals surface area contributed by atoms with Crippen LogP contribution in [-0.4, -0.2) is 19.0 Å². The van der Waals surface area contributed by atoms with Gasteiger partial charge >= 0.3 is 0 Å². The van der Waals surface area contributed by atoms with Crippen LogP contribution in [0, 0.1) is 0 Å². The van der Waals surface area contributed by atoms with Crippen LogP contribution in [0.4, 0.5) is 5.69 Å². The van der Waals surface area contributed by atoms with E-state index in [1.54, 1.807) is 11.8 Å². The zero-order valence-corrected chi connectivity index (χ0v) is 10.5. The fourth-order valence-electron chi connectivity index (χ4n) is 1.01. The van der Waals surface area contributed by atoms with Gasteiger partial charge in [-0.25, -0.2) is 0 Å². The monoisotopic (exact) mass is 275 g/mol. The molecular formula is C10H14BrNOS. The number of rotatable bonds is 5. The van der Waals surface area contributed by atoms with Crippen LogP contribution in [0.1, 0.15) is 6.92 Å². The maximum Gasteiger partial charge on any atom is 0.0560 e. The molecule has 0 spiro atoms. The maximum atomic E-state index is 5.84. The largest absolute Gasteiger partial charge is 0.398 e. The maximum absolute atomic E-state index is 5.84. The van der Waals surface area contributed by atoms with E-state index in [4.69, 9.17) is 10.5 Å². The molecule has 0 aliphatic carbocycles. The Kier molecular flexibility index (Phi) is 5.37. The number of ether oxygens (including phenoxy) is 1. The summed E-state index contributed by atoms with van der Waals surface area (Å²) in [6, 6.07) is 5.94. The molecule has 4 heteroatoms. The predicted molar refractivity (Wildman–Crippen MR) is 65.8 cm³/mol. The van der Waals surface area contributed by atoms with Crippen molar-refractivity contribution in [3.8, 4) is 0 Å². The minimum Gasteiger partial charge on any atom is -0.398 e. The second-order valence-corrected chi connectivity index (χ2v) is 4.78. The molecule has 2 nitrogen and oxygen atoms in total.